The molecule has 18 heavy (non-hydrogen) atoms. The van der Waals surface area contributed by atoms with Gasteiger partial charge in [0.25, 0.3) is 0 Å². The Morgan fingerprint density at radius 3 is 2.72 bits per heavy atom. The van der Waals surface area contributed by atoms with E-state index in [0.29, 0.717) is 30.5 Å². The van der Waals surface area contributed by atoms with Gasteiger partial charge in [-0.3, -0.25) is 4.90 Å². The number of aliphatic hydroxyl groups excluding tert-OH is 1. The van der Waals surface area contributed by atoms with E-state index in [1.807, 2.05) is 0 Å². The predicted octanol–water partition coefficient (Wildman–Crippen LogP) is 1.84. The molecule has 2 fully saturated rings. The summed E-state index contributed by atoms with van der Waals surface area (Å²) in [7, 11) is 0. The molecule has 2 aliphatic rings. The van der Waals surface area contributed by atoms with Gasteiger partial charge in [0.05, 0.1) is 6.61 Å². The Bertz CT molecular complexity index is 280. The van der Waals surface area contributed by atoms with Gasteiger partial charge in [-0.2, -0.15) is 0 Å². The number of nitrogens with two attached hydrogens (primary N) is 1. The Balaban J connectivity index is 1.96. The molecule has 1 aliphatic carbocycles. The highest BCUT2D eigenvalue weighted by Gasteiger charge is 2.39. The van der Waals surface area contributed by atoms with Crippen LogP contribution in [-0.2, 0) is 0 Å². The van der Waals surface area contributed by atoms with Crippen molar-refractivity contribution in [2.24, 2.45) is 23.0 Å². The second-order valence-electron chi connectivity index (χ2n) is 7.18. The first-order valence-electron chi connectivity index (χ1n) is 7.56. The van der Waals surface area contributed by atoms with Crippen LogP contribution in [0.3, 0.4) is 0 Å². The van der Waals surface area contributed by atoms with Gasteiger partial charge in [0, 0.05) is 18.6 Å². The Labute approximate surface area is 112 Å². The molecule has 0 aromatic heterocycles. The van der Waals surface area contributed by atoms with Gasteiger partial charge in [-0.15, -0.1) is 0 Å². The molecular weight excluding hydrogens is 224 g/mol. The van der Waals surface area contributed by atoms with Gasteiger partial charge in [0.2, 0.25) is 0 Å². The fraction of sp³-hybridized carbons (Fsp3) is 1.00. The van der Waals surface area contributed by atoms with E-state index in [4.69, 9.17) is 5.73 Å². The number of hydrogen-bond donors (Lipinski definition) is 2. The van der Waals surface area contributed by atoms with Crippen LogP contribution < -0.4 is 5.73 Å². The summed E-state index contributed by atoms with van der Waals surface area (Å²) in [4.78, 5) is 2.48. The van der Waals surface area contributed by atoms with Crippen molar-refractivity contribution in [3.05, 3.63) is 0 Å². The highest BCUT2D eigenvalue weighted by atomic mass is 16.3. The van der Waals surface area contributed by atoms with Gasteiger partial charge in [-0.1, -0.05) is 27.2 Å². The van der Waals surface area contributed by atoms with E-state index in [-0.39, 0.29) is 5.41 Å². The molecule has 3 N–H and O–H groups in total. The Morgan fingerprint density at radius 2 is 2.06 bits per heavy atom. The summed E-state index contributed by atoms with van der Waals surface area (Å²) in [6.07, 6.45) is 5.03. The molecule has 0 aromatic carbocycles. The zero-order chi connectivity index (χ0) is 13.3. The van der Waals surface area contributed by atoms with E-state index in [1.54, 1.807) is 0 Å². The molecule has 0 spiro atoms. The zero-order valence-corrected chi connectivity index (χ0v) is 12.2. The van der Waals surface area contributed by atoms with Crippen LogP contribution in [0.1, 0.15) is 46.5 Å². The summed E-state index contributed by atoms with van der Waals surface area (Å²) in [5.74, 6) is 1.23. The average Bonchev–Trinajstić information content (AvgIpc) is 2.66. The molecule has 0 bridgehead atoms. The highest BCUT2D eigenvalue weighted by Crippen LogP contribution is 2.39. The first-order chi connectivity index (χ1) is 8.45. The third-order valence-electron chi connectivity index (χ3n) is 5.46. The molecule has 0 amide bonds. The van der Waals surface area contributed by atoms with E-state index in [1.165, 1.54) is 25.7 Å². The number of aliphatic hydroxyl groups is 1. The van der Waals surface area contributed by atoms with Gasteiger partial charge < -0.3 is 10.8 Å². The van der Waals surface area contributed by atoms with Crippen LogP contribution in [0.15, 0.2) is 0 Å². The van der Waals surface area contributed by atoms with Crippen molar-refractivity contribution in [1.82, 2.24) is 4.90 Å². The van der Waals surface area contributed by atoms with Crippen molar-refractivity contribution in [1.29, 1.82) is 0 Å². The quantitative estimate of drug-likeness (QED) is 0.808. The predicted molar refractivity (Wildman–Crippen MR) is 75.3 cm³/mol. The largest absolute Gasteiger partial charge is 0.395 e. The Morgan fingerprint density at radius 1 is 1.33 bits per heavy atom. The molecule has 3 nitrogen and oxygen atoms in total. The molecule has 106 valence electrons. The van der Waals surface area contributed by atoms with Crippen molar-refractivity contribution < 1.29 is 5.11 Å². The second-order valence-corrected chi connectivity index (χ2v) is 7.18. The van der Waals surface area contributed by atoms with Gasteiger partial charge in [-0.25, -0.2) is 0 Å². The summed E-state index contributed by atoms with van der Waals surface area (Å²) < 4.78 is 0. The normalized spacial score (nSPS) is 41.2. The standard InChI is InChI=1S/C15H30N2O/c1-11-6-8-17(13(11)10-18)9-12-5-4-7-15(2,3)14(12)16/h11-14,18H,4-10,16H2,1-3H3. The fourth-order valence-electron chi connectivity index (χ4n) is 3.92. The molecule has 1 saturated heterocycles. The van der Waals surface area contributed by atoms with E-state index >= 15 is 0 Å². The maximum absolute atomic E-state index is 9.53. The lowest BCUT2D eigenvalue weighted by molar-refractivity contribution is 0.0753. The first kappa shape index (κ1) is 14.3. The zero-order valence-electron chi connectivity index (χ0n) is 12.2. The van der Waals surface area contributed by atoms with Gasteiger partial charge >= 0.3 is 0 Å². The van der Waals surface area contributed by atoms with Crippen LogP contribution in [0.5, 0.6) is 0 Å². The van der Waals surface area contributed by atoms with Crippen molar-refractivity contribution >= 4 is 0 Å². The summed E-state index contributed by atoms with van der Waals surface area (Å²) in [6.45, 7) is 9.38. The maximum Gasteiger partial charge on any atom is 0.0589 e. The summed E-state index contributed by atoms with van der Waals surface area (Å²) in [5.41, 5.74) is 6.75. The molecule has 2 rings (SSSR count). The Kier molecular flexibility index (Phi) is 4.35. The van der Waals surface area contributed by atoms with Crippen LogP contribution in [-0.4, -0.2) is 41.8 Å². The SMILES string of the molecule is CC1CCN(CC2CCCC(C)(C)C2N)C1CO. The second kappa shape index (κ2) is 5.48. The van der Waals surface area contributed by atoms with E-state index in [9.17, 15) is 5.11 Å². The minimum absolute atomic E-state index is 0.281. The molecule has 1 heterocycles. The van der Waals surface area contributed by atoms with E-state index < -0.39 is 0 Å². The lowest BCUT2D eigenvalue weighted by Crippen LogP contribution is -2.51. The van der Waals surface area contributed by atoms with Crippen molar-refractivity contribution in [2.45, 2.75) is 58.5 Å². The smallest absolute Gasteiger partial charge is 0.0589 e. The van der Waals surface area contributed by atoms with Gasteiger partial charge in [0.1, 0.15) is 0 Å². The number of rotatable bonds is 3. The third kappa shape index (κ3) is 2.73. The van der Waals surface area contributed by atoms with Crippen molar-refractivity contribution in [3.63, 3.8) is 0 Å². The summed E-state index contributed by atoms with van der Waals surface area (Å²) >= 11 is 0. The number of likely N-dealkylation sites (tertiary alicyclic amines) is 1. The molecule has 4 atom stereocenters. The van der Waals surface area contributed by atoms with E-state index in [2.05, 4.69) is 25.7 Å². The number of nitrogens with zero attached hydrogens (tertiary/aromatic N) is 1. The molecule has 3 heteroatoms. The molecule has 0 aromatic rings. The van der Waals surface area contributed by atoms with Crippen LogP contribution in [0, 0.1) is 17.3 Å². The summed E-state index contributed by atoms with van der Waals surface area (Å²) in [6, 6.07) is 0.670. The number of hydrogen-bond acceptors (Lipinski definition) is 3. The summed E-state index contributed by atoms with van der Waals surface area (Å²) in [5, 5.41) is 9.53. The molecular formula is C15H30N2O. The van der Waals surface area contributed by atoms with Crippen molar-refractivity contribution in [3.8, 4) is 0 Å². The first-order valence-corrected chi connectivity index (χ1v) is 7.56. The third-order valence-corrected chi connectivity index (χ3v) is 5.46. The monoisotopic (exact) mass is 254 g/mol. The fourth-order valence-corrected chi connectivity index (χ4v) is 3.92. The van der Waals surface area contributed by atoms with Crippen LogP contribution in [0.4, 0.5) is 0 Å². The van der Waals surface area contributed by atoms with Crippen molar-refractivity contribution in [2.75, 3.05) is 19.7 Å². The molecule has 0 radical (unpaired) electrons. The minimum Gasteiger partial charge on any atom is -0.395 e. The topological polar surface area (TPSA) is 49.5 Å². The molecule has 4 unspecified atom stereocenters. The minimum atomic E-state index is 0.281. The molecule has 1 saturated carbocycles. The lowest BCUT2D eigenvalue weighted by Gasteiger charge is -2.44. The Hall–Kier alpha value is -0.120. The van der Waals surface area contributed by atoms with Crippen LogP contribution in [0.2, 0.25) is 0 Å². The maximum atomic E-state index is 9.53. The lowest BCUT2D eigenvalue weighted by atomic mass is 9.68. The van der Waals surface area contributed by atoms with Gasteiger partial charge in [-0.05, 0) is 43.1 Å². The highest BCUT2D eigenvalue weighted by molar-refractivity contribution is 4.94. The van der Waals surface area contributed by atoms with E-state index in [0.717, 1.165) is 13.1 Å². The van der Waals surface area contributed by atoms with Crippen LogP contribution >= 0.6 is 0 Å². The average molecular weight is 254 g/mol. The molecule has 1 aliphatic heterocycles. The van der Waals surface area contributed by atoms with Gasteiger partial charge in [0.15, 0.2) is 0 Å². The van der Waals surface area contributed by atoms with Crippen LogP contribution in [0.25, 0.3) is 0 Å².